The summed E-state index contributed by atoms with van der Waals surface area (Å²) in [5.41, 5.74) is 9.10. The van der Waals surface area contributed by atoms with E-state index in [0.717, 1.165) is 34.8 Å². The van der Waals surface area contributed by atoms with Crippen molar-refractivity contribution >= 4 is 66.7 Å². The molecule has 2 heterocycles. The summed E-state index contributed by atoms with van der Waals surface area (Å²) >= 11 is 19.4. The molecule has 4 aromatic carbocycles. The van der Waals surface area contributed by atoms with E-state index in [1.54, 1.807) is 32.4 Å². The van der Waals surface area contributed by atoms with E-state index in [4.69, 9.17) is 52.9 Å². The first-order chi connectivity index (χ1) is 28.9. The van der Waals surface area contributed by atoms with E-state index in [1.165, 1.54) is 12.1 Å². The van der Waals surface area contributed by atoms with Gasteiger partial charge in [0.1, 0.15) is 57.3 Å². The maximum Gasteiger partial charge on any atom is 0.145 e. The molecule has 6 rings (SSSR count). The third-order valence-electron chi connectivity index (χ3n) is 9.61. The molecule has 6 aromatic rings. The molecule has 0 radical (unpaired) electrons. The summed E-state index contributed by atoms with van der Waals surface area (Å²) in [6, 6.07) is 27.2. The highest BCUT2D eigenvalue weighted by Crippen LogP contribution is 2.37. The first-order valence-corrected chi connectivity index (χ1v) is 20.7. The minimum Gasteiger partial charge on any atom is -0.497 e. The summed E-state index contributed by atoms with van der Waals surface area (Å²) in [6.07, 6.45) is -3.77. The van der Waals surface area contributed by atoms with Gasteiger partial charge in [-0.15, -0.1) is 0 Å². The third-order valence-corrected chi connectivity index (χ3v) is 11.8. The molecule has 2 unspecified atom stereocenters. The van der Waals surface area contributed by atoms with Crippen molar-refractivity contribution in [2.45, 2.75) is 51.7 Å². The molecule has 0 fully saturated rings. The molecule has 0 aliphatic rings. The summed E-state index contributed by atoms with van der Waals surface area (Å²) in [5, 5.41) is 23.5. The Labute approximate surface area is 373 Å². The fourth-order valence-electron chi connectivity index (χ4n) is 6.55. The molecule has 0 saturated heterocycles. The molecule has 10 nitrogen and oxygen atoms in total. The van der Waals surface area contributed by atoms with E-state index < -0.39 is 23.8 Å². The number of benzene rings is 4. The minimum absolute atomic E-state index is 0.00649. The number of aromatic nitrogens is 2. The number of ether oxygens (including phenoxy) is 4. The average molecular weight is 990 g/mol. The SMILES string of the molecule is COc1ccc(CN(Cc2ccc(OC)cc2)c2nc(Cl)c(Br)cc2COCc2cccc(F)c2C(O)C(O)c2c(F)cccc2COCc2cc(Br)c(Cl)nc2N)cc1. The van der Waals surface area contributed by atoms with Crippen LogP contribution < -0.4 is 20.1 Å². The lowest BCUT2D eigenvalue weighted by Crippen LogP contribution is -2.25. The number of anilines is 2. The molecular weight excluding hydrogens is 949 g/mol. The second kappa shape index (κ2) is 20.9. The Morgan fingerprint density at radius 3 is 1.52 bits per heavy atom. The molecule has 0 spiro atoms. The van der Waals surface area contributed by atoms with Gasteiger partial charge in [0.15, 0.2) is 0 Å². The van der Waals surface area contributed by atoms with Crippen molar-refractivity contribution in [2.75, 3.05) is 24.9 Å². The third kappa shape index (κ3) is 11.1. The number of hydrogen-bond donors (Lipinski definition) is 3. The van der Waals surface area contributed by atoms with Gasteiger partial charge in [-0.2, -0.15) is 0 Å². The Morgan fingerprint density at radius 2 is 1.05 bits per heavy atom. The first-order valence-electron chi connectivity index (χ1n) is 18.4. The standard InChI is InChI=1S/C44H40Br2Cl2F2N4O6/c1-57-31-13-9-25(10-14-31)19-54(20-26-11-15-32(58-2)16-12-26)44-30(18-34(46)42(48)53-44)24-60-22-28-6-4-8-36(50)38(28)40(56)39(55)37-27(5-3-7-35(37)49)21-59-23-29-17-33(45)41(47)52-43(29)51/h3-18,39-40,55-56H,19-24H2,1-2H3,(H2,51,52). The summed E-state index contributed by atoms with van der Waals surface area (Å²) in [4.78, 5) is 10.9. The second-order valence-electron chi connectivity index (χ2n) is 13.6. The number of methoxy groups -OCH3 is 2. The first kappa shape index (κ1) is 45.2. The maximum atomic E-state index is 15.7. The predicted octanol–water partition coefficient (Wildman–Crippen LogP) is 10.6. The fourth-order valence-corrected chi connectivity index (χ4v) is 7.56. The molecule has 314 valence electrons. The molecule has 0 amide bonds. The molecule has 16 heteroatoms. The van der Waals surface area contributed by atoms with Gasteiger partial charge < -0.3 is 39.8 Å². The molecule has 0 aliphatic carbocycles. The number of aliphatic hydroxyl groups excluding tert-OH is 2. The van der Waals surface area contributed by atoms with Crippen molar-refractivity contribution in [3.05, 3.63) is 172 Å². The van der Waals surface area contributed by atoms with Gasteiger partial charge in [-0.05, 0) is 103 Å². The molecule has 2 aromatic heterocycles. The number of aliphatic hydroxyl groups is 2. The van der Waals surface area contributed by atoms with Crippen LogP contribution in [0.3, 0.4) is 0 Å². The quantitative estimate of drug-likeness (QED) is 0.0715. The molecule has 0 bridgehead atoms. The number of halogens is 6. The number of nitrogens with zero attached hydrogens (tertiary/aromatic N) is 3. The van der Waals surface area contributed by atoms with E-state index in [-0.39, 0.29) is 64.8 Å². The average Bonchev–Trinajstić information content (AvgIpc) is 3.24. The predicted molar refractivity (Wildman–Crippen MR) is 234 cm³/mol. The second-order valence-corrected chi connectivity index (χ2v) is 16.0. The Balaban J connectivity index is 1.23. The maximum absolute atomic E-state index is 15.7. The molecular formula is C44H40Br2Cl2F2N4O6. The highest BCUT2D eigenvalue weighted by molar-refractivity contribution is 9.10. The normalized spacial score (nSPS) is 12.3. The number of nitrogens with two attached hydrogens (primary N) is 1. The van der Waals surface area contributed by atoms with Gasteiger partial charge in [-0.3, -0.25) is 0 Å². The number of pyridine rings is 2. The van der Waals surface area contributed by atoms with E-state index >= 15 is 8.78 Å². The molecule has 0 saturated carbocycles. The van der Waals surface area contributed by atoms with Crippen LogP contribution in [0, 0.1) is 11.6 Å². The summed E-state index contributed by atoms with van der Waals surface area (Å²) < 4.78 is 54.9. The van der Waals surface area contributed by atoms with Crippen LogP contribution >= 0.6 is 55.1 Å². The van der Waals surface area contributed by atoms with Crippen LogP contribution in [0.15, 0.2) is 106 Å². The van der Waals surface area contributed by atoms with E-state index in [1.807, 2.05) is 54.6 Å². The van der Waals surface area contributed by atoms with Crippen LogP contribution in [-0.4, -0.2) is 34.4 Å². The van der Waals surface area contributed by atoms with Crippen molar-refractivity contribution in [1.82, 2.24) is 9.97 Å². The van der Waals surface area contributed by atoms with Crippen molar-refractivity contribution in [3.63, 3.8) is 0 Å². The Hall–Kier alpha value is -4.38. The minimum atomic E-state index is -1.89. The number of rotatable bonds is 18. The fraction of sp³-hybridized carbons (Fsp3) is 0.227. The van der Waals surface area contributed by atoms with Crippen LogP contribution in [0.5, 0.6) is 11.5 Å². The summed E-state index contributed by atoms with van der Waals surface area (Å²) in [6.45, 7) is 0.504. The Bertz CT molecular complexity index is 2370. The number of nitrogen functional groups attached to an aromatic ring is 1. The Morgan fingerprint density at radius 1 is 0.633 bits per heavy atom. The van der Waals surface area contributed by atoms with Crippen LogP contribution in [0.4, 0.5) is 20.4 Å². The van der Waals surface area contributed by atoms with Gasteiger partial charge in [-0.1, -0.05) is 71.7 Å². The molecule has 0 aliphatic heterocycles. The van der Waals surface area contributed by atoms with E-state index in [0.29, 0.717) is 39.0 Å². The van der Waals surface area contributed by atoms with Crippen molar-refractivity contribution in [2.24, 2.45) is 0 Å². The number of hydrogen-bond acceptors (Lipinski definition) is 10. The lowest BCUT2D eigenvalue weighted by Gasteiger charge is -2.27. The van der Waals surface area contributed by atoms with Crippen LogP contribution in [0.1, 0.15) is 56.7 Å². The zero-order valence-electron chi connectivity index (χ0n) is 32.3. The zero-order valence-corrected chi connectivity index (χ0v) is 37.0. The van der Waals surface area contributed by atoms with Crippen molar-refractivity contribution < 1.29 is 37.9 Å². The Kier molecular flexibility index (Phi) is 15.8. The summed E-state index contributed by atoms with van der Waals surface area (Å²) in [5.74, 6) is 0.522. The van der Waals surface area contributed by atoms with Crippen LogP contribution in [-0.2, 0) is 49.0 Å². The molecule has 4 N–H and O–H groups in total. The molecule has 60 heavy (non-hydrogen) atoms. The van der Waals surface area contributed by atoms with E-state index in [9.17, 15) is 10.2 Å². The van der Waals surface area contributed by atoms with Gasteiger partial charge >= 0.3 is 0 Å². The zero-order chi connectivity index (χ0) is 42.9. The van der Waals surface area contributed by atoms with Crippen LogP contribution in [0.2, 0.25) is 10.3 Å². The monoisotopic (exact) mass is 986 g/mol. The van der Waals surface area contributed by atoms with Gasteiger partial charge in [0.05, 0.1) is 49.6 Å². The highest BCUT2D eigenvalue weighted by Gasteiger charge is 2.30. The van der Waals surface area contributed by atoms with Crippen molar-refractivity contribution in [3.8, 4) is 11.5 Å². The highest BCUT2D eigenvalue weighted by atomic mass is 79.9. The van der Waals surface area contributed by atoms with E-state index in [2.05, 4.69) is 41.7 Å². The largest absolute Gasteiger partial charge is 0.497 e. The molecule has 2 atom stereocenters. The summed E-state index contributed by atoms with van der Waals surface area (Å²) in [7, 11) is 3.22. The smallest absolute Gasteiger partial charge is 0.145 e. The lowest BCUT2D eigenvalue weighted by atomic mass is 9.91. The van der Waals surface area contributed by atoms with Gasteiger partial charge in [-0.25, -0.2) is 18.7 Å². The van der Waals surface area contributed by atoms with Gasteiger partial charge in [0.25, 0.3) is 0 Å². The van der Waals surface area contributed by atoms with Gasteiger partial charge in [0, 0.05) is 35.3 Å². The lowest BCUT2D eigenvalue weighted by molar-refractivity contribution is 0.00846. The van der Waals surface area contributed by atoms with Gasteiger partial charge in [0.2, 0.25) is 0 Å². The topological polar surface area (TPSA) is 132 Å². The van der Waals surface area contributed by atoms with Crippen molar-refractivity contribution in [1.29, 1.82) is 0 Å². The van der Waals surface area contributed by atoms with Crippen LogP contribution in [0.25, 0.3) is 0 Å².